The highest BCUT2D eigenvalue weighted by molar-refractivity contribution is 14.1. The Morgan fingerprint density at radius 1 is 1.19 bits per heavy atom. The van der Waals surface area contributed by atoms with Crippen molar-refractivity contribution in [1.29, 1.82) is 0 Å². The van der Waals surface area contributed by atoms with Gasteiger partial charge in [-0.2, -0.15) is 0 Å². The van der Waals surface area contributed by atoms with E-state index in [9.17, 15) is 10.2 Å². The van der Waals surface area contributed by atoms with Gasteiger partial charge in [-0.15, -0.1) is 0 Å². The van der Waals surface area contributed by atoms with Gasteiger partial charge >= 0.3 is 0 Å². The van der Waals surface area contributed by atoms with Crippen LogP contribution in [0.5, 0.6) is 0 Å². The molecule has 1 aromatic carbocycles. The van der Waals surface area contributed by atoms with Gasteiger partial charge in [0, 0.05) is 23.8 Å². The number of hydrogen-bond donors (Lipinski definition) is 2. The minimum atomic E-state index is -0.804. The quantitative estimate of drug-likeness (QED) is 0.464. The number of hydrogen-bond acceptors (Lipinski definition) is 4. The van der Waals surface area contributed by atoms with E-state index in [0.29, 0.717) is 18.4 Å². The summed E-state index contributed by atoms with van der Waals surface area (Å²) < 4.78 is 8.87. The van der Waals surface area contributed by atoms with Gasteiger partial charge in [-0.1, -0.05) is 71.2 Å². The molecule has 1 aromatic rings. The number of halogens is 1. The average molecular weight is 529 g/mol. The van der Waals surface area contributed by atoms with E-state index in [0.717, 1.165) is 30.5 Å². The monoisotopic (exact) mass is 529 g/mol. The third-order valence-corrected chi connectivity index (χ3v) is 8.78. The molecule has 5 aliphatic rings. The lowest BCUT2D eigenvalue weighted by Crippen LogP contribution is -2.62. The molecule has 2 heterocycles. The Labute approximate surface area is 197 Å². The van der Waals surface area contributed by atoms with Crippen molar-refractivity contribution >= 4 is 28.7 Å². The zero-order valence-electron chi connectivity index (χ0n) is 17.6. The highest BCUT2D eigenvalue weighted by Gasteiger charge is 2.71. The lowest BCUT2D eigenvalue weighted by molar-refractivity contribution is -0.141. The maximum absolute atomic E-state index is 11.4. The van der Waals surface area contributed by atoms with Crippen LogP contribution in [-0.2, 0) is 11.2 Å². The first-order chi connectivity index (χ1) is 15.0. The van der Waals surface area contributed by atoms with Crippen LogP contribution in [-0.4, -0.2) is 58.7 Å². The Balaban J connectivity index is 1.50. The number of aliphatic hydroxyl groups excluding tert-OH is 2. The fourth-order valence-corrected chi connectivity index (χ4v) is 7.56. The largest absolute Gasteiger partial charge is 0.386 e. The normalized spacial score (nSPS) is 43.0. The summed E-state index contributed by atoms with van der Waals surface area (Å²) in [6.07, 6.45) is 11.2. The topological polar surface area (TPSA) is 52.9 Å². The highest BCUT2D eigenvalue weighted by atomic mass is 127. The van der Waals surface area contributed by atoms with Crippen LogP contribution in [0.25, 0.3) is 6.08 Å². The van der Waals surface area contributed by atoms with Crippen molar-refractivity contribution in [3.05, 3.63) is 74.9 Å². The zero-order chi connectivity index (χ0) is 21.4. The summed E-state index contributed by atoms with van der Waals surface area (Å²) in [5.41, 5.74) is 3.86. The number of rotatable bonds is 3. The Bertz CT molecular complexity index is 1030. The first-order valence-electron chi connectivity index (χ1n) is 11.2. The maximum atomic E-state index is 11.4. The van der Waals surface area contributed by atoms with Crippen molar-refractivity contribution in [3.8, 4) is 0 Å². The van der Waals surface area contributed by atoms with E-state index >= 15 is 0 Å². The molecule has 5 heteroatoms. The van der Waals surface area contributed by atoms with E-state index in [1.807, 2.05) is 16.2 Å². The molecule has 162 valence electrons. The summed E-state index contributed by atoms with van der Waals surface area (Å²) in [5.74, 6) is 0.315. The second-order valence-corrected chi connectivity index (χ2v) is 10.5. The summed E-state index contributed by atoms with van der Waals surface area (Å²) in [6, 6.07) is 8.93. The fourth-order valence-electron chi connectivity index (χ4n) is 7.14. The number of nitrogens with zero attached hydrogens (tertiary/aromatic N) is 1. The molecule has 7 atom stereocenters. The van der Waals surface area contributed by atoms with Crippen molar-refractivity contribution in [2.75, 3.05) is 13.6 Å². The van der Waals surface area contributed by atoms with Gasteiger partial charge in [-0.3, -0.25) is 0 Å². The Morgan fingerprint density at radius 2 is 2.00 bits per heavy atom. The standard InChI is InChI=1S/C26H28INO3/c1-28-13-11-25-19-7-8-21(29)24(25)31-26(15-17-4-2-16(3-5-17)10-12-27)22(30)9-6-18(23(25)26)14-20(19)28/h2-10,12,19-22,24,29-30H,11,13-15H2,1H3/b12-10+/t19-,20+,21-,22?,24-,25-,26?/m0/s1. The van der Waals surface area contributed by atoms with Crippen LogP contribution >= 0.6 is 22.6 Å². The number of piperidine rings is 1. The van der Waals surface area contributed by atoms with Crippen molar-refractivity contribution in [3.63, 3.8) is 0 Å². The van der Waals surface area contributed by atoms with Crippen LogP contribution in [0.4, 0.5) is 0 Å². The molecular weight excluding hydrogens is 501 g/mol. The minimum Gasteiger partial charge on any atom is -0.386 e. The Morgan fingerprint density at radius 3 is 2.77 bits per heavy atom. The smallest absolute Gasteiger partial charge is 0.124 e. The predicted octanol–water partition coefficient (Wildman–Crippen LogP) is 3.64. The minimum absolute atomic E-state index is 0.228. The zero-order valence-corrected chi connectivity index (χ0v) is 19.8. The third-order valence-electron chi connectivity index (χ3n) is 8.42. The van der Waals surface area contributed by atoms with E-state index < -0.39 is 17.8 Å². The van der Waals surface area contributed by atoms with Gasteiger partial charge < -0.3 is 19.8 Å². The molecule has 0 saturated carbocycles. The van der Waals surface area contributed by atoms with E-state index in [4.69, 9.17) is 4.74 Å². The number of allylic oxidation sites excluding steroid dienone is 1. The van der Waals surface area contributed by atoms with E-state index in [1.165, 1.54) is 11.1 Å². The molecule has 2 fully saturated rings. The second kappa shape index (κ2) is 7.12. The third kappa shape index (κ3) is 2.67. The summed E-state index contributed by atoms with van der Waals surface area (Å²) in [6.45, 7) is 0.992. The molecule has 2 aliphatic heterocycles. The summed E-state index contributed by atoms with van der Waals surface area (Å²) in [4.78, 5) is 2.47. The summed E-state index contributed by atoms with van der Waals surface area (Å²) >= 11 is 2.23. The molecule has 2 saturated heterocycles. The van der Waals surface area contributed by atoms with Crippen LogP contribution in [0, 0.1) is 11.3 Å². The SMILES string of the molecule is CN1CC[C@]23C4=C5C=CC(O)C4(Cc4ccc(/C=C/I)cc4)O[C@H]2[C@@H](O)C=C[C@H]3[C@H]1C5. The number of likely N-dealkylation sites (tertiary alicyclic amines) is 1. The fraction of sp³-hybridized carbons (Fsp3) is 0.462. The molecule has 6 rings (SSSR count). The van der Waals surface area contributed by atoms with Crippen LogP contribution < -0.4 is 0 Å². The first kappa shape index (κ1) is 20.4. The van der Waals surface area contributed by atoms with Gasteiger partial charge in [0.1, 0.15) is 11.7 Å². The van der Waals surface area contributed by atoms with Gasteiger partial charge in [0.25, 0.3) is 0 Å². The van der Waals surface area contributed by atoms with Crippen molar-refractivity contribution < 1.29 is 14.9 Å². The molecule has 2 N–H and O–H groups in total. The van der Waals surface area contributed by atoms with Crippen LogP contribution in [0.15, 0.2) is 63.8 Å². The second-order valence-electron chi connectivity index (χ2n) is 9.79. The first-order valence-corrected chi connectivity index (χ1v) is 12.4. The van der Waals surface area contributed by atoms with Crippen molar-refractivity contribution in [2.45, 2.75) is 49.2 Å². The van der Waals surface area contributed by atoms with Gasteiger partial charge in [0.2, 0.25) is 0 Å². The summed E-state index contributed by atoms with van der Waals surface area (Å²) in [5, 5.41) is 22.4. The van der Waals surface area contributed by atoms with E-state index in [-0.39, 0.29) is 11.5 Å². The molecule has 31 heavy (non-hydrogen) atoms. The van der Waals surface area contributed by atoms with Crippen molar-refractivity contribution in [2.24, 2.45) is 11.3 Å². The molecule has 2 unspecified atom stereocenters. The Kier molecular flexibility index (Phi) is 4.68. The van der Waals surface area contributed by atoms with Gasteiger partial charge in [-0.05, 0) is 58.9 Å². The van der Waals surface area contributed by atoms with Crippen LogP contribution in [0.3, 0.4) is 0 Å². The highest BCUT2D eigenvalue weighted by Crippen LogP contribution is 2.67. The predicted molar refractivity (Wildman–Crippen MR) is 130 cm³/mol. The molecule has 0 aromatic heterocycles. The van der Waals surface area contributed by atoms with E-state index in [1.54, 1.807) is 0 Å². The maximum Gasteiger partial charge on any atom is 0.124 e. The molecule has 4 nitrogen and oxygen atoms in total. The number of ether oxygens (including phenoxy) is 1. The van der Waals surface area contributed by atoms with Crippen molar-refractivity contribution in [1.82, 2.24) is 4.90 Å². The van der Waals surface area contributed by atoms with Crippen LogP contribution in [0.1, 0.15) is 24.0 Å². The molecule has 0 amide bonds. The lowest BCUT2D eigenvalue weighted by Gasteiger charge is -2.58. The Hall–Kier alpha value is -1.25. The number of benzene rings is 1. The molecular formula is C26H28INO3. The number of aliphatic hydroxyl groups is 2. The molecule has 0 radical (unpaired) electrons. The molecule has 3 aliphatic carbocycles. The van der Waals surface area contributed by atoms with Crippen LogP contribution in [0.2, 0.25) is 0 Å². The molecule has 1 spiro atoms. The molecule has 2 bridgehead atoms. The van der Waals surface area contributed by atoms with Gasteiger partial charge in [-0.25, -0.2) is 0 Å². The summed E-state index contributed by atoms with van der Waals surface area (Å²) in [7, 11) is 2.22. The van der Waals surface area contributed by atoms with Gasteiger partial charge in [0.15, 0.2) is 0 Å². The lowest BCUT2D eigenvalue weighted by atomic mass is 9.50. The average Bonchev–Trinajstić information content (AvgIpc) is 3.07. The van der Waals surface area contributed by atoms with E-state index in [2.05, 4.69) is 77.0 Å². The van der Waals surface area contributed by atoms with Gasteiger partial charge in [0.05, 0.1) is 12.2 Å².